The maximum Gasteiger partial charge on any atom is 0.161 e. The van der Waals surface area contributed by atoms with Gasteiger partial charge in [0.15, 0.2) is 23.0 Å². The van der Waals surface area contributed by atoms with Gasteiger partial charge in [-0.1, -0.05) is 27.7 Å². The molecule has 4 atom stereocenters. The summed E-state index contributed by atoms with van der Waals surface area (Å²) < 4.78 is 21.7. The van der Waals surface area contributed by atoms with E-state index in [1.54, 1.807) is 28.4 Å². The van der Waals surface area contributed by atoms with E-state index in [9.17, 15) is 9.59 Å². The molecule has 0 spiro atoms. The van der Waals surface area contributed by atoms with E-state index >= 15 is 0 Å². The van der Waals surface area contributed by atoms with Gasteiger partial charge in [0.05, 0.1) is 28.4 Å². The van der Waals surface area contributed by atoms with Crippen LogP contribution in [0, 0.1) is 23.7 Å². The van der Waals surface area contributed by atoms with Gasteiger partial charge < -0.3 is 18.9 Å². The summed E-state index contributed by atoms with van der Waals surface area (Å²) in [5.41, 5.74) is 5.06. The molecule has 0 saturated carbocycles. The molecule has 0 amide bonds. The highest BCUT2D eigenvalue weighted by Gasteiger charge is 2.40. The predicted molar refractivity (Wildman–Crippen MR) is 180 cm³/mol. The first-order chi connectivity index (χ1) is 22.1. The first kappa shape index (κ1) is 34.2. The van der Waals surface area contributed by atoms with Gasteiger partial charge in [-0.3, -0.25) is 19.4 Å². The number of fused-ring (bicyclic) bond motifs is 6. The Bertz CT molecular complexity index is 1300. The number of hydrogen-bond acceptors (Lipinski definition) is 8. The van der Waals surface area contributed by atoms with E-state index in [-0.39, 0.29) is 23.9 Å². The fourth-order valence-electron chi connectivity index (χ4n) is 8.11. The summed E-state index contributed by atoms with van der Waals surface area (Å²) in [5, 5.41) is 0. The lowest BCUT2D eigenvalue weighted by Crippen LogP contribution is -2.46. The van der Waals surface area contributed by atoms with E-state index in [1.165, 1.54) is 22.3 Å². The topological polar surface area (TPSA) is 77.5 Å². The second-order valence-electron chi connectivity index (χ2n) is 14.3. The van der Waals surface area contributed by atoms with Crippen molar-refractivity contribution in [2.24, 2.45) is 23.7 Å². The van der Waals surface area contributed by atoms with Gasteiger partial charge >= 0.3 is 0 Å². The Morgan fingerprint density at radius 2 is 0.957 bits per heavy atom. The minimum absolute atomic E-state index is 0.202. The largest absolute Gasteiger partial charge is 0.493 e. The van der Waals surface area contributed by atoms with E-state index in [2.05, 4.69) is 61.8 Å². The molecule has 2 aromatic rings. The molecule has 4 aliphatic rings. The molecule has 4 aliphatic heterocycles. The van der Waals surface area contributed by atoms with Crippen LogP contribution in [-0.4, -0.2) is 76.0 Å². The molecule has 252 valence electrons. The summed E-state index contributed by atoms with van der Waals surface area (Å²) in [6.07, 6.45) is 5.27. The molecule has 46 heavy (non-hydrogen) atoms. The molecule has 0 unspecified atom stereocenters. The highest BCUT2D eigenvalue weighted by atomic mass is 16.5. The van der Waals surface area contributed by atoms with E-state index in [0.29, 0.717) is 36.2 Å². The number of ether oxygens (including phenoxy) is 4. The minimum Gasteiger partial charge on any atom is -0.493 e. The third kappa shape index (κ3) is 7.23. The van der Waals surface area contributed by atoms with E-state index in [0.717, 1.165) is 74.9 Å². The van der Waals surface area contributed by atoms with E-state index in [4.69, 9.17) is 18.9 Å². The van der Waals surface area contributed by atoms with Crippen molar-refractivity contribution >= 4 is 11.6 Å². The Morgan fingerprint density at radius 1 is 0.609 bits per heavy atom. The van der Waals surface area contributed by atoms with Gasteiger partial charge in [-0.25, -0.2) is 0 Å². The number of methoxy groups -OCH3 is 4. The second kappa shape index (κ2) is 14.8. The van der Waals surface area contributed by atoms with E-state index < -0.39 is 0 Å². The molecular formula is C38H54N2O6. The van der Waals surface area contributed by atoms with Crippen molar-refractivity contribution in [3.63, 3.8) is 0 Å². The maximum absolute atomic E-state index is 12.6. The van der Waals surface area contributed by atoms with Gasteiger partial charge in [-0.15, -0.1) is 0 Å². The average Bonchev–Trinajstić information content (AvgIpc) is 3.04. The van der Waals surface area contributed by atoms with Crippen LogP contribution < -0.4 is 18.9 Å². The van der Waals surface area contributed by atoms with Gasteiger partial charge in [0.1, 0.15) is 11.6 Å². The molecule has 8 nitrogen and oxygen atoms in total. The number of rotatable bonds is 8. The Kier molecular flexibility index (Phi) is 11.0. The molecule has 6 rings (SSSR count). The minimum atomic E-state index is 0.202. The monoisotopic (exact) mass is 634 g/mol. The number of ketones is 2. The fourth-order valence-corrected chi connectivity index (χ4v) is 8.11. The number of hydrogen-bond donors (Lipinski definition) is 0. The summed E-state index contributed by atoms with van der Waals surface area (Å²) in [7, 11) is 6.66. The Labute approximate surface area is 275 Å². The fraction of sp³-hybridized carbons (Fsp3) is 0.632. The standard InChI is InChI=1S/2C19H27NO3/c2*1-12(2)7-14-11-20-6-5-13-8-18(22-3)19(23-4)9-15(13)16(20)10-17(14)21/h2*8-9,12,14,16H,5-7,10-11H2,1-4H3/t2*14-,16-/m10/s1. The van der Waals surface area contributed by atoms with Crippen molar-refractivity contribution in [2.45, 2.75) is 78.3 Å². The summed E-state index contributed by atoms with van der Waals surface area (Å²) in [6, 6.07) is 8.71. The Morgan fingerprint density at radius 3 is 1.28 bits per heavy atom. The highest BCUT2D eigenvalue weighted by molar-refractivity contribution is 5.83. The zero-order valence-electron chi connectivity index (χ0n) is 29.2. The van der Waals surface area contributed by atoms with Gasteiger partial charge in [-0.2, -0.15) is 0 Å². The van der Waals surface area contributed by atoms with Crippen LogP contribution >= 0.6 is 0 Å². The number of nitrogens with zero attached hydrogens (tertiary/aromatic N) is 2. The van der Waals surface area contributed by atoms with Crippen molar-refractivity contribution in [2.75, 3.05) is 54.6 Å². The van der Waals surface area contributed by atoms with Crippen molar-refractivity contribution in [3.05, 3.63) is 46.5 Å². The van der Waals surface area contributed by atoms with Gasteiger partial charge in [0, 0.05) is 62.9 Å². The van der Waals surface area contributed by atoms with Crippen molar-refractivity contribution in [1.82, 2.24) is 9.80 Å². The molecule has 2 aromatic carbocycles. The molecule has 2 saturated heterocycles. The zero-order chi connectivity index (χ0) is 33.1. The smallest absolute Gasteiger partial charge is 0.161 e. The number of piperidine rings is 2. The number of carbonyl (C=O) groups excluding carboxylic acids is 2. The molecule has 8 heteroatoms. The predicted octanol–water partition coefficient (Wildman–Crippen LogP) is 6.48. The summed E-state index contributed by atoms with van der Waals surface area (Å²) >= 11 is 0. The summed E-state index contributed by atoms with van der Waals surface area (Å²) in [5.74, 6) is 5.45. The summed E-state index contributed by atoms with van der Waals surface area (Å²) in [4.78, 5) is 30.2. The number of carbonyl (C=O) groups is 2. The first-order valence-electron chi connectivity index (χ1n) is 17.1. The molecule has 4 heterocycles. The molecule has 2 fully saturated rings. The van der Waals surface area contributed by atoms with Gasteiger partial charge in [-0.05, 0) is 84.0 Å². The zero-order valence-corrected chi connectivity index (χ0v) is 29.2. The van der Waals surface area contributed by atoms with Crippen molar-refractivity contribution < 1.29 is 28.5 Å². The van der Waals surface area contributed by atoms with Crippen LogP contribution in [0.3, 0.4) is 0 Å². The number of benzene rings is 2. The van der Waals surface area contributed by atoms with Gasteiger partial charge in [0.25, 0.3) is 0 Å². The molecule has 0 radical (unpaired) electrons. The Hall–Kier alpha value is -3.10. The quantitative estimate of drug-likeness (QED) is 0.327. The highest BCUT2D eigenvalue weighted by Crippen LogP contribution is 2.44. The van der Waals surface area contributed by atoms with Crippen LogP contribution in [0.2, 0.25) is 0 Å². The van der Waals surface area contributed by atoms with Crippen molar-refractivity contribution in [1.29, 1.82) is 0 Å². The average molecular weight is 635 g/mol. The maximum atomic E-state index is 12.6. The molecule has 0 bridgehead atoms. The van der Waals surface area contributed by atoms with Crippen LogP contribution in [0.4, 0.5) is 0 Å². The molecule has 0 aliphatic carbocycles. The van der Waals surface area contributed by atoms with Crippen molar-refractivity contribution in [3.8, 4) is 23.0 Å². The lowest BCUT2D eigenvalue weighted by Gasteiger charge is -2.43. The third-order valence-corrected chi connectivity index (χ3v) is 10.3. The van der Waals surface area contributed by atoms with Crippen LogP contribution in [0.5, 0.6) is 23.0 Å². The molecule has 0 aromatic heterocycles. The third-order valence-electron chi connectivity index (χ3n) is 10.3. The lowest BCUT2D eigenvalue weighted by atomic mass is 9.80. The lowest BCUT2D eigenvalue weighted by molar-refractivity contribution is -0.130. The van der Waals surface area contributed by atoms with Crippen LogP contribution in [0.25, 0.3) is 0 Å². The number of Topliss-reactive ketones (excluding diaryl/α,β-unsaturated/α-hetero) is 2. The second-order valence-corrected chi connectivity index (χ2v) is 14.3. The molecule has 0 N–H and O–H groups in total. The Balaban J connectivity index is 0.000000181. The van der Waals surface area contributed by atoms with E-state index in [1.807, 2.05) is 0 Å². The SMILES string of the molecule is COc1cc2c(cc1OC)[C@@H]1CC(=O)[C@@H](CC(C)C)CN1CC2.COc1cc2c(cc1OC)[C@H]1CC(=O)[C@H](CC(C)C)CN1CC2. The first-order valence-corrected chi connectivity index (χ1v) is 17.1. The van der Waals surface area contributed by atoms with Crippen LogP contribution in [0.1, 0.15) is 87.7 Å². The van der Waals surface area contributed by atoms with Crippen LogP contribution in [0.15, 0.2) is 24.3 Å². The molecular weight excluding hydrogens is 580 g/mol. The summed E-state index contributed by atoms with van der Waals surface area (Å²) in [6.45, 7) is 12.6. The normalized spacial score (nSPS) is 24.3. The van der Waals surface area contributed by atoms with Crippen LogP contribution in [-0.2, 0) is 22.4 Å². The van der Waals surface area contributed by atoms with Gasteiger partial charge in [0.2, 0.25) is 0 Å².